The van der Waals surface area contributed by atoms with Gasteiger partial charge in [0.15, 0.2) is 5.82 Å². The molecule has 1 heterocycles. The third kappa shape index (κ3) is 2.74. The quantitative estimate of drug-likeness (QED) is 0.899. The van der Waals surface area contributed by atoms with Crippen molar-refractivity contribution in [2.45, 2.75) is 62.3 Å². The number of hydrogen-bond donors (Lipinski definition) is 1. The normalized spacial score (nSPS) is 21.6. The molecule has 4 nitrogen and oxygen atoms in total. The summed E-state index contributed by atoms with van der Waals surface area (Å²) in [6.07, 6.45) is 8.01. The van der Waals surface area contributed by atoms with E-state index in [1.807, 2.05) is 6.07 Å². The second-order valence-electron chi connectivity index (χ2n) is 7.09. The number of hydrogen-bond acceptors (Lipinski definition) is 4. The Morgan fingerprint density at radius 1 is 1.04 bits per heavy atom. The molecule has 4 rings (SSSR count). The van der Waals surface area contributed by atoms with Crippen LogP contribution in [0.5, 0.6) is 0 Å². The zero-order chi connectivity index (χ0) is 15.9. The highest BCUT2D eigenvalue weighted by Gasteiger charge is 2.44. The molecule has 2 aromatic rings. The second-order valence-corrected chi connectivity index (χ2v) is 7.09. The third-order valence-electron chi connectivity index (χ3n) is 5.61. The van der Waals surface area contributed by atoms with Crippen LogP contribution in [0.25, 0.3) is 0 Å². The zero-order valence-electron chi connectivity index (χ0n) is 13.6. The van der Waals surface area contributed by atoms with Crippen molar-refractivity contribution in [1.82, 2.24) is 10.1 Å². The first-order valence-electron chi connectivity index (χ1n) is 8.52. The lowest BCUT2D eigenvalue weighted by Crippen LogP contribution is -2.34. The third-order valence-corrected chi connectivity index (χ3v) is 5.61. The Bertz CT molecular complexity index is 706. The molecule has 0 unspecified atom stereocenters. The Morgan fingerprint density at radius 2 is 1.71 bits per heavy atom. The van der Waals surface area contributed by atoms with Crippen molar-refractivity contribution in [3.63, 3.8) is 0 Å². The molecule has 2 saturated carbocycles. The van der Waals surface area contributed by atoms with Crippen LogP contribution in [0.2, 0.25) is 0 Å². The maximum atomic E-state index is 13.7. The maximum absolute atomic E-state index is 13.7. The summed E-state index contributed by atoms with van der Waals surface area (Å²) in [7, 11) is 0. The number of rotatable bonds is 3. The van der Waals surface area contributed by atoms with Crippen LogP contribution in [0.3, 0.4) is 0 Å². The fraction of sp³-hybridized carbons (Fsp3) is 0.556. The molecule has 1 aromatic carbocycles. The minimum Gasteiger partial charge on any atom is -0.338 e. The van der Waals surface area contributed by atoms with Gasteiger partial charge in [0.05, 0.1) is 11.0 Å². The minimum absolute atomic E-state index is 0. The smallest absolute Gasteiger partial charge is 0.237 e. The van der Waals surface area contributed by atoms with Gasteiger partial charge in [-0.25, -0.2) is 4.39 Å². The van der Waals surface area contributed by atoms with Gasteiger partial charge in [-0.2, -0.15) is 4.98 Å². The Balaban J connectivity index is 0.00000169. The molecule has 2 N–H and O–H groups in total. The van der Waals surface area contributed by atoms with Crippen molar-refractivity contribution < 1.29 is 8.91 Å². The first-order chi connectivity index (χ1) is 11.1. The van der Waals surface area contributed by atoms with Crippen molar-refractivity contribution in [2.75, 3.05) is 0 Å². The molecule has 24 heavy (non-hydrogen) atoms. The van der Waals surface area contributed by atoms with Gasteiger partial charge in [0.1, 0.15) is 5.82 Å². The average molecular weight is 352 g/mol. The van der Waals surface area contributed by atoms with Gasteiger partial charge in [-0.3, -0.25) is 0 Å². The Kier molecular flexibility index (Phi) is 4.67. The van der Waals surface area contributed by atoms with Crippen LogP contribution in [0.1, 0.15) is 68.6 Å². The molecule has 0 saturated heterocycles. The van der Waals surface area contributed by atoms with Crippen LogP contribution in [0, 0.1) is 5.82 Å². The van der Waals surface area contributed by atoms with E-state index in [1.54, 1.807) is 12.1 Å². The molecule has 0 radical (unpaired) electrons. The molecule has 6 heteroatoms. The van der Waals surface area contributed by atoms with Gasteiger partial charge in [-0.05, 0) is 43.4 Å². The summed E-state index contributed by atoms with van der Waals surface area (Å²) < 4.78 is 19.4. The predicted octanol–water partition coefficient (Wildman–Crippen LogP) is 4.22. The summed E-state index contributed by atoms with van der Waals surface area (Å²) in [4.78, 5) is 4.70. The summed E-state index contributed by atoms with van der Waals surface area (Å²) in [5, 5.41) is 4.20. The number of halogens is 2. The van der Waals surface area contributed by atoms with Gasteiger partial charge in [0, 0.05) is 0 Å². The SMILES string of the molecule is Cl.NC1(c2noc(C3(c4cccc(F)c4)CCCC3)n2)CCCC1. The minimum atomic E-state index is -0.455. The lowest BCUT2D eigenvalue weighted by molar-refractivity contribution is 0.301. The van der Waals surface area contributed by atoms with E-state index in [-0.39, 0.29) is 23.6 Å². The maximum Gasteiger partial charge on any atom is 0.237 e. The van der Waals surface area contributed by atoms with Crippen LogP contribution < -0.4 is 5.73 Å². The van der Waals surface area contributed by atoms with Crippen LogP contribution in [-0.2, 0) is 11.0 Å². The first kappa shape index (κ1) is 17.4. The summed E-state index contributed by atoms with van der Waals surface area (Å²) in [5.41, 5.74) is 6.57. The molecular formula is C18H23ClFN3O. The topological polar surface area (TPSA) is 64.9 Å². The molecule has 2 fully saturated rings. The fourth-order valence-corrected chi connectivity index (χ4v) is 4.24. The molecule has 0 aliphatic heterocycles. The lowest BCUT2D eigenvalue weighted by Gasteiger charge is -2.25. The van der Waals surface area contributed by atoms with Gasteiger partial charge in [0.2, 0.25) is 5.89 Å². The molecule has 0 amide bonds. The predicted molar refractivity (Wildman–Crippen MR) is 91.5 cm³/mol. The van der Waals surface area contributed by atoms with Crippen molar-refractivity contribution in [2.24, 2.45) is 5.73 Å². The Morgan fingerprint density at radius 3 is 2.38 bits per heavy atom. The molecule has 130 valence electrons. The largest absolute Gasteiger partial charge is 0.338 e. The molecular weight excluding hydrogens is 329 g/mol. The molecule has 1 aromatic heterocycles. The summed E-state index contributed by atoms with van der Waals surface area (Å²) in [5.74, 6) is 1.000. The fourth-order valence-electron chi connectivity index (χ4n) is 4.24. The first-order valence-corrected chi connectivity index (χ1v) is 8.52. The van der Waals surface area contributed by atoms with Gasteiger partial charge in [-0.15, -0.1) is 12.4 Å². The summed E-state index contributed by atoms with van der Waals surface area (Å²) >= 11 is 0. The summed E-state index contributed by atoms with van der Waals surface area (Å²) in [6.45, 7) is 0. The standard InChI is InChI=1S/C18H22FN3O.ClH/c19-14-7-5-6-13(12-14)17(8-1-2-9-17)16-21-15(22-23-16)18(20)10-3-4-11-18;/h5-7,12H,1-4,8-11,20H2;1H. The van der Waals surface area contributed by atoms with Crippen molar-refractivity contribution >= 4 is 12.4 Å². The Hall–Kier alpha value is -1.46. The van der Waals surface area contributed by atoms with Gasteiger partial charge in [-0.1, -0.05) is 43.0 Å². The van der Waals surface area contributed by atoms with E-state index >= 15 is 0 Å². The van der Waals surface area contributed by atoms with Crippen molar-refractivity contribution in [3.05, 3.63) is 47.4 Å². The van der Waals surface area contributed by atoms with Crippen LogP contribution >= 0.6 is 12.4 Å². The number of aromatic nitrogens is 2. The van der Waals surface area contributed by atoms with Gasteiger partial charge in [0.25, 0.3) is 0 Å². The van der Waals surface area contributed by atoms with E-state index in [0.29, 0.717) is 11.7 Å². The molecule has 0 bridgehead atoms. The molecule has 2 aliphatic carbocycles. The average Bonchev–Trinajstić information content (AvgIpc) is 3.28. The van der Waals surface area contributed by atoms with Crippen molar-refractivity contribution in [1.29, 1.82) is 0 Å². The Labute approximate surface area is 147 Å². The molecule has 2 aliphatic rings. The second kappa shape index (κ2) is 6.45. The van der Waals surface area contributed by atoms with E-state index in [9.17, 15) is 4.39 Å². The molecule has 0 spiro atoms. The highest BCUT2D eigenvalue weighted by Crippen LogP contribution is 2.46. The number of nitrogens with zero attached hydrogens (tertiary/aromatic N) is 2. The monoisotopic (exact) mass is 351 g/mol. The van der Waals surface area contributed by atoms with E-state index < -0.39 is 5.54 Å². The highest BCUT2D eigenvalue weighted by molar-refractivity contribution is 5.85. The number of benzene rings is 1. The van der Waals surface area contributed by atoms with E-state index in [1.165, 1.54) is 6.07 Å². The summed E-state index contributed by atoms with van der Waals surface area (Å²) in [6, 6.07) is 6.79. The number of nitrogens with two attached hydrogens (primary N) is 1. The molecule has 0 atom stereocenters. The lowest BCUT2D eigenvalue weighted by atomic mass is 9.78. The van der Waals surface area contributed by atoms with Crippen molar-refractivity contribution in [3.8, 4) is 0 Å². The van der Waals surface area contributed by atoms with E-state index in [2.05, 4.69) is 5.16 Å². The van der Waals surface area contributed by atoms with Crippen LogP contribution in [-0.4, -0.2) is 10.1 Å². The van der Waals surface area contributed by atoms with Crippen LogP contribution in [0.15, 0.2) is 28.8 Å². The van der Waals surface area contributed by atoms with Gasteiger partial charge < -0.3 is 10.3 Å². The van der Waals surface area contributed by atoms with E-state index in [4.69, 9.17) is 15.2 Å². The highest BCUT2D eigenvalue weighted by atomic mass is 35.5. The zero-order valence-corrected chi connectivity index (χ0v) is 14.4. The van der Waals surface area contributed by atoms with E-state index in [0.717, 1.165) is 56.9 Å². The van der Waals surface area contributed by atoms with Gasteiger partial charge >= 0.3 is 0 Å². The van der Waals surface area contributed by atoms with Crippen LogP contribution in [0.4, 0.5) is 4.39 Å².